The minimum absolute atomic E-state index is 0.0833. The van der Waals surface area contributed by atoms with Gasteiger partial charge in [0.15, 0.2) is 11.5 Å². The number of rotatable bonds is 1. The number of hydrogen-bond acceptors (Lipinski definition) is 4. The number of allylic oxidation sites excluding steroid dienone is 1. The van der Waals surface area contributed by atoms with E-state index >= 15 is 0 Å². The summed E-state index contributed by atoms with van der Waals surface area (Å²) < 4.78 is 0. The maximum Gasteiger partial charge on any atom is 0.158 e. The molecule has 0 saturated carbocycles. The molecule has 0 heterocycles. The van der Waals surface area contributed by atoms with Gasteiger partial charge in [-0.15, -0.1) is 12.3 Å². The van der Waals surface area contributed by atoms with Gasteiger partial charge in [0, 0.05) is 5.56 Å². The molecule has 0 bridgehead atoms. The fourth-order valence-corrected chi connectivity index (χ4v) is 0.614. The van der Waals surface area contributed by atoms with Gasteiger partial charge in [0.25, 0.3) is 0 Å². The second kappa shape index (κ2) is 5.64. The van der Waals surface area contributed by atoms with Gasteiger partial charge in [-0.2, -0.15) is 0 Å². The Morgan fingerprint density at radius 1 is 1.43 bits per heavy atom. The third-order valence-electron chi connectivity index (χ3n) is 1.14. The Morgan fingerprint density at radius 2 is 1.93 bits per heavy atom. The van der Waals surface area contributed by atoms with Gasteiger partial charge in [0.1, 0.15) is 6.29 Å². The molecular formula is C10H11O4-. The second-order valence-electron chi connectivity index (χ2n) is 2.57. The first-order valence-corrected chi connectivity index (χ1v) is 3.77. The SMILES string of the molecule is C=C(C)[O-].O=Cc1ccc(O)c(O)c1. The highest BCUT2D eigenvalue weighted by Crippen LogP contribution is 2.23. The third-order valence-corrected chi connectivity index (χ3v) is 1.14. The van der Waals surface area contributed by atoms with Crippen molar-refractivity contribution < 1.29 is 20.1 Å². The molecule has 1 aromatic rings. The number of carbonyl (C=O) groups excluding carboxylic acids is 1. The molecule has 0 atom stereocenters. The smallest absolute Gasteiger partial charge is 0.158 e. The molecule has 1 aromatic carbocycles. The second-order valence-corrected chi connectivity index (χ2v) is 2.57. The number of aldehydes is 1. The van der Waals surface area contributed by atoms with Crippen LogP contribution in [0.1, 0.15) is 17.3 Å². The zero-order chi connectivity index (χ0) is 11.1. The van der Waals surface area contributed by atoms with E-state index in [1.807, 2.05) is 0 Å². The first kappa shape index (κ1) is 12.0. The number of hydrogen-bond donors (Lipinski definition) is 2. The van der Waals surface area contributed by atoms with Crippen LogP contribution in [0.25, 0.3) is 0 Å². The fraction of sp³-hybridized carbons (Fsp3) is 0.100. The Hall–Kier alpha value is -1.97. The number of benzene rings is 1. The van der Waals surface area contributed by atoms with Gasteiger partial charge in [-0.3, -0.25) is 4.79 Å². The lowest BCUT2D eigenvalue weighted by Crippen LogP contribution is -1.92. The largest absolute Gasteiger partial charge is 0.876 e. The third kappa shape index (κ3) is 4.82. The van der Waals surface area contributed by atoms with E-state index in [-0.39, 0.29) is 17.3 Å². The van der Waals surface area contributed by atoms with Crippen molar-refractivity contribution in [2.75, 3.05) is 0 Å². The molecule has 2 N–H and O–H groups in total. The van der Waals surface area contributed by atoms with Crippen LogP contribution in [0.5, 0.6) is 11.5 Å². The van der Waals surface area contributed by atoms with E-state index in [9.17, 15) is 9.90 Å². The van der Waals surface area contributed by atoms with Crippen molar-refractivity contribution >= 4 is 6.29 Å². The predicted molar refractivity (Wildman–Crippen MR) is 50.0 cm³/mol. The Kier molecular flexibility index (Phi) is 4.84. The summed E-state index contributed by atoms with van der Waals surface area (Å²) in [6.45, 7) is 4.42. The van der Waals surface area contributed by atoms with Crippen LogP contribution in [-0.4, -0.2) is 16.5 Å². The van der Waals surface area contributed by atoms with E-state index in [1.54, 1.807) is 0 Å². The van der Waals surface area contributed by atoms with Crippen LogP contribution in [0.15, 0.2) is 30.5 Å². The molecule has 0 aliphatic carbocycles. The maximum absolute atomic E-state index is 10.1. The molecule has 0 radical (unpaired) electrons. The molecule has 76 valence electrons. The molecule has 0 unspecified atom stereocenters. The average Bonchev–Trinajstić information content (AvgIpc) is 2.09. The maximum atomic E-state index is 10.1. The molecule has 0 aromatic heterocycles. The Labute approximate surface area is 81.8 Å². The molecule has 0 amide bonds. The van der Waals surface area contributed by atoms with E-state index in [0.717, 1.165) is 0 Å². The zero-order valence-electron chi connectivity index (χ0n) is 7.73. The van der Waals surface area contributed by atoms with Gasteiger partial charge >= 0.3 is 0 Å². The summed E-state index contributed by atoms with van der Waals surface area (Å²) in [5.41, 5.74) is 0.343. The van der Waals surface area contributed by atoms with E-state index < -0.39 is 0 Å². The summed E-state index contributed by atoms with van der Waals surface area (Å²) in [5.74, 6) is -0.574. The van der Waals surface area contributed by atoms with E-state index in [0.29, 0.717) is 11.8 Å². The van der Waals surface area contributed by atoms with Gasteiger partial charge < -0.3 is 15.3 Å². The first-order chi connectivity index (χ1) is 6.47. The van der Waals surface area contributed by atoms with Crippen molar-refractivity contribution in [2.45, 2.75) is 6.92 Å². The molecule has 0 aliphatic rings. The Bertz CT molecular complexity index is 327. The van der Waals surface area contributed by atoms with Crippen molar-refractivity contribution in [3.63, 3.8) is 0 Å². The average molecular weight is 195 g/mol. The topological polar surface area (TPSA) is 80.6 Å². The van der Waals surface area contributed by atoms with Gasteiger partial charge in [0.2, 0.25) is 0 Å². The zero-order valence-corrected chi connectivity index (χ0v) is 7.73. The van der Waals surface area contributed by atoms with Crippen LogP contribution >= 0.6 is 0 Å². The first-order valence-electron chi connectivity index (χ1n) is 3.77. The number of carbonyl (C=O) groups is 1. The molecule has 0 aliphatic heterocycles. The van der Waals surface area contributed by atoms with Crippen LogP contribution in [0.4, 0.5) is 0 Å². The highest BCUT2D eigenvalue weighted by Gasteiger charge is 1.97. The predicted octanol–water partition coefficient (Wildman–Crippen LogP) is 0.791. The van der Waals surface area contributed by atoms with E-state index in [1.165, 1.54) is 25.1 Å². The molecule has 0 spiro atoms. The summed E-state index contributed by atoms with van der Waals surface area (Å²) in [4.78, 5) is 10.1. The van der Waals surface area contributed by atoms with Crippen LogP contribution in [-0.2, 0) is 0 Å². The number of aromatic hydroxyl groups is 2. The van der Waals surface area contributed by atoms with Crippen LogP contribution in [0.3, 0.4) is 0 Å². The number of phenols is 2. The van der Waals surface area contributed by atoms with Crippen LogP contribution in [0.2, 0.25) is 0 Å². The quantitative estimate of drug-likeness (QED) is 0.394. The highest BCUT2D eigenvalue weighted by molar-refractivity contribution is 5.76. The molecule has 14 heavy (non-hydrogen) atoms. The van der Waals surface area contributed by atoms with Crippen molar-refractivity contribution in [3.8, 4) is 11.5 Å². The summed E-state index contributed by atoms with van der Waals surface area (Å²) in [5, 5.41) is 26.9. The lowest BCUT2D eigenvalue weighted by molar-refractivity contribution is -0.300. The van der Waals surface area contributed by atoms with Gasteiger partial charge in [-0.25, -0.2) is 0 Å². The van der Waals surface area contributed by atoms with E-state index in [2.05, 4.69) is 6.58 Å². The molecule has 0 fully saturated rings. The van der Waals surface area contributed by atoms with Gasteiger partial charge in [0.05, 0.1) is 0 Å². The van der Waals surface area contributed by atoms with Crippen LogP contribution in [0, 0.1) is 0 Å². The summed E-state index contributed by atoms with van der Waals surface area (Å²) >= 11 is 0. The van der Waals surface area contributed by atoms with Crippen molar-refractivity contribution in [3.05, 3.63) is 36.1 Å². The van der Waals surface area contributed by atoms with Crippen molar-refractivity contribution in [2.24, 2.45) is 0 Å². The standard InChI is InChI=1S/C7H6O3.C3H6O/c8-4-5-1-2-6(9)7(10)3-5;1-3(2)4/h1-4,9-10H;4H,1H2,2H3/p-1. The monoisotopic (exact) mass is 195 g/mol. The molecular weight excluding hydrogens is 184 g/mol. The van der Waals surface area contributed by atoms with Crippen LogP contribution < -0.4 is 5.11 Å². The van der Waals surface area contributed by atoms with E-state index in [4.69, 9.17) is 10.2 Å². The fourth-order valence-electron chi connectivity index (χ4n) is 0.614. The molecule has 4 nitrogen and oxygen atoms in total. The Balaban J connectivity index is 0.000000364. The molecule has 0 saturated heterocycles. The van der Waals surface area contributed by atoms with Gasteiger partial charge in [-0.1, -0.05) is 6.92 Å². The normalized spacial score (nSPS) is 8.36. The summed E-state index contributed by atoms with van der Waals surface area (Å²) in [6.07, 6.45) is 0.596. The van der Waals surface area contributed by atoms with Crippen molar-refractivity contribution in [1.29, 1.82) is 0 Å². The van der Waals surface area contributed by atoms with Crippen molar-refractivity contribution in [1.82, 2.24) is 0 Å². The lowest BCUT2D eigenvalue weighted by Gasteiger charge is -1.95. The minimum atomic E-state index is -0.274. The molecule has 1 rings (SSSR count). The minimum Gasteiger partial charge on any atom is -0.876 e. The summed E-state index contributed by atoms with van der Waals surface area (Å²) in [6, 6.07) is 3.88. The van der Waals surface area contributed by atoms with Gasteiger partial charge in [-0.05, 0) is 18.2 Å². The lowest BCUT2D eigenvalue weighted by atomic mass is 10.2. The summed E-state index contributed by atoms with van der Waals surface area (Å²) in [7, 11) is 0. The highest BCUT2D eigenvalue weighted by atomic mass is 16.3. The number of phenolic OH excluding ortho intramolecular Hbond substituents is 2. The molecule has 4 heteroatoms. The Morgan fingerprint density at radius 3 is 2.29 bits per heavy atom.